The van der Waals surface area contributed by atoms with E-state index in [-0.39, 0.29) is 11.3 Å². The molecule has 3 rings (SSSR count). The molecule has 1 heterocycles. The fourth-order valence-electron chi connectivity index (χ4n) is 3.49. The summed E-state index contributed by atoms with van der Waals surface area (Å²) in [5, 5.41) is 3.51. The van der Waals surface area contributed by atoms with Crippen molar-refractivity contribution in [3.05, 3.63) is 58.6 Å². The molecule has 2 aromatic rings. The van der Waals surface area contributed by atoms with Crippen LogP contribution in [0.4, 0.5) is 0 Å². The number of hydrogen-bond donors (Lipinski definition) is 1. The van der Waals surface area contributed by atoms with E-state index in [1.807, 2.05) is 24.3 Å². The molecule has 5 nitrogen and oxygen atoms in total. The first-order chi connectivity index (χ1) is 13.1. The van der Waals surface area contributed by atoms with Gasteiger partial charge < -0.3 is 19.5 Å². The first-order valence-corrected chi connectivity index (χ1v) is 9.30. The average Bonchev–Trinajstić information content (AvgIpc) is 2.72. The lowest BCUT2D eigenvalue weighted by Gasteiger charge is -2.38. The maximum Gasteiger partial charge on any atom is 0.252 e. The Morgan fingerprint density at radius 1 is 1.11 bits per heavy atom. The Morgan fingerprint density at radius 2 is 1.81 bits per heavy atom. The minimum absolute atomic E-state index is 0.174. The number of halogens is 1. The third-order valence-electron chi connectivity index (χ3n) is 5.15. The zero-order chi connectivity index (χ0) is 19.3. The normalized spacial score (nSPS) is 15.8. The van der Waals surface area contributed by atoms with E-state index >= 15 is 0 Å². The first kappa shape index (κ1) is 19.5. The number of rotatable bonds is 6. The molecule has 1 aliphatic rings. The standard InChI is InChI=1S/C21H24ClNO4/c1-25-18-8-7-15(13-19(18)26-2)21(9-11-27-12-10-21)14-23-20(24)16-5-3-4-6-17(16)22/h3-8,13H,9-12,14H2,1-2H3,(H,23,24). The van der Waals surface area contributed by atoms with Crippen LogP contribution in [0.1, 0.15) is 28.8 Å². The Bertz CT molecular complexity index is 803. The third kappa shape index (κ3) is 4.20. The largest absolute Gasteiger partial charge is 0.493 e. The van der Waals surface area contributed by atoms with Crippen molar-refractivity contribution in [1.82, 2.24) is 5.32 Å². The van der Waals surface area contributed by atoms with Crippen LogP contribution in [0.2, 0.25) is 5.02 Å². The molecule has 27 heavy (non-hydrogen) atoms. The maximum atomic E-state index is 12.6. The van der Waals surface area contributed by atoms with Crippen LogP contribution in [0.3, 0.4) is 0 Å². The number of carbonyl (C=O) groups is 1. The highest BCUT2D eigenvalue weighted by Gasteiger charge is 2.35. The fraction of sp³-hybridized carbons (Fsp3) is 0.381. The topological polar surface area (TPSA) is 56.8 Å². The number of benzene rings is 2. The Hall–Kier alpha value is -2.24. The second-order valence-electron chi connectivity index (χ2n) is 6.62. The van der Waals surface area contributed by atoms with E-state index in [4.69, 9.17) is 25.8 Å². The van der Waals surface area contributed by atoms with Gasteiger partial charge in [-0.15, -0.1) is 0 Å². The van der Waals surface area contributed by atoms with E-state index in [1.54, 1.807) is 32.4 Å². The maximum absolute atomic E-state index is 12.6. The van der Waals surface area contributed by atoms with Gasteiger partial charge in [0, 0.05) is 25.2 Å². The van der Waals surface area contributed by atoms with Gasteiger partial charge in [-0.3, -0.25) is 4.79 Å². The summed E-state index contributed by atoms with van der Waals surface area (Å²) >= 11 is 6.15. The van der Waals surface area contributed by atoms with Crippen LogP contribution >= 0.6 is 11.6 Å². The molecule has 0 unspecified atom stereocenters. The van der Waals surface area contributed by atoms with Crippen molar-refractivity contribution in [2.45, 2.75) is 18.3 Å². The van der Waals surface area contributed by atoms with Gasteiger partial charge in [0.25, 0.3) is 5.91 Å². The molecule has 0 saturated carbocycles. The summed E-state index contributed by atoms with van der Waals surface area (Å²) < 4.78 is 16.4. The van der Waals surface area contributed by atoms with Gasteiger partial charge in [0.2, 0.25) is 0 Å². The van der Waals surface area contributed by atoms with Crippen LogP contribution in [0.15, 0.2) is 42.5 Å². The van der Waals surface area contributed by atoms with Crippen molar-refractivity contribution >= 4 is 17.5 Å². The molecule has 0 radical (unpaired) electrons. The van der Waals surface area contributed by atoms with Gasteiger partial charge in [0.15, 0.2) is 11.5 Å². The van der Waals surface area contributed by atoms with E-state index in [1.165, 1.54) is 0 Å². The molecule has 144 valence electrons. The molecule has 0 aromatic heterocycles. The number of hydrogen-bond acceptors (Lipinski definition) is 4. The Morgan fingerprint density at radius 3 is 2.48 bits per heavy atom. The Kier molecular flexibility index (Phi) is 6.24. The summed E-state index contributed by atoms with van der Waals surface area (Å²) in [4.78, 5) is 12.6. The molecule has 0 bridgehead atoms. The van der Waals surface area contributed by atoms with E-state index in [0.29, 0.717) is 41.8 Å². The van der Waals surface area contributed by atoms with Crippen molar-refractivity contribution in [3.8, 4) is 11.5 Å². The summed E-state index contributed by atoms with van der Waals surface area (Å²) in [6, 6.07) is 13.0. The minimum atomic E-state index is -0.227. The van der Waals surface area contributed by atoms with Crippen LogP contribution in [0, 0.1) is 0 Å². The van der Waals surface area contributed by atoms with Gasteiger partial charge in [-0.1, -0.05) is 29.8 Å². The van der Waals surface area contributed by atoms with E-state index in [2.05, 4.69) is 5.32 Å². The Labute approximate surface area is 164 Å². The molecule has 0 aliphatic carbocycles. The summed E-state index contributed by atoms with van der Waals surface area (Å²) in [5.74, 6) is 1.19. The monoisotopic (exact) mass is 389 g/mol. The third-order valence-corrected chi connectivity index (χ3v) is 5.48. The lowest BCUT2D eigenvalue weighted by Crippen LogP contribution is -2.44. The lowest BCUT2D eigenvalue weighted by molar-refractivity contribution is 0.0486. The molecule has 0 spiro atoms. The van der Waals surface area contributed by atoms with Gasteiger partial charge in [-0.2, -0.15) is 0 Å². The number of amides is 1. The molecule has 2 aromatic carbocycles. The molecule has 6 heteroatoms. The molecular weight excluding hydrogens is 366 g/mol. The van der Waals surface area contributed by atoms with Gasteiger partial charge >= 0.3 is 0 Å². The van der Waals surface area contributed by atoms with E-state index in [0.717, 1.165) is 18.4 Å². The second kappa shape index (κ2) is 8.63. The van der Waals surface area contributed by atoms with E-state index < -0.39 is 0 Å². The number of ether oxygens (including phenoxy) is 3. The number of methoxy groups -OCH3 is 2. The van der Waals surface area contributed by atoms with Crippen molar-refractivity contribution in [2.24, 2.45) is 0 Å². The van der Waals surface area contributed by atoms with Crippen LogP contribution in [0.25, 0.3) is 0 Å². The molecular formula is C21H24ClNO4. The molecule has 0 atom stereocenters. The van der Waals surface area contributed by atoms with Gasteiger partial charge in [0.05, 0.1) is 24.8 Å². The quantitative estimate of drug-likeness (QED) is 0.815. The summed E-state index contributed by atoms with van der Waals surface area (Å²) in [7, 11) is 3.24. The van der Waals surface area contributed by atoms with Crippen LogP contribution in [0.5, 0.6) is 11.5 Å². The highest BCUT2D eigenvalue weighted by molar-refractivity contribution is 6.33. The number of carbonyl (C=O) groups excluding carboxylic acids is 1. The zero-order valence-corrected chi connectivity index (χ0v) is 16.3. The molecule has 1 fully saturated rings. The fourth-order valence-corrected chi connectivity index (χ4v) is 3.71. The first-order valence-electron chi connectivity index (χ1n) is 8.92. The van der Waals surface area contributed by atoms with Gasteiger partial charge in [-0.25, -0.2) is 0 Å². The van der Waals surface area contributed by atoms with E-state index in [9.17, 15) is 4.79 Å². The summed E-state index contributed by atoms with van der Waals surface area (Å²) in [5.41, 5.74) is 1.35. The molecule has 1 amide bonds. The smallest absolute Gasteiger partial charge is 0.252 e. The lowest BCUT2D eigenvalue weighted by atomic mass is 9.74. The average molecular weight is 390 g/mol. The van der Waals surface area contributed by atoms with Crippen molar-refractivity contribution < 1.29 is 19.0 Å². The van der Waals surface area contributed by atoms with Gasteiger partial charge in [0.1, 0.15) is 0 Å². The van der Waals surface area contributed by atoms with Crippen LogP contribution in [-0.2, 0) is 10.2 Å². The predicted molar refractivity (Wildman–Crippen MR) is 105 cm³/mol. The zero-order valence-electron chi connectivity index (χ0n) is 15.6. The molecule has 1 N–H and O–H groups in total. The highest BCUT2D eigenvalue weighted by Crippen LogP contribution is 2.39. The van der Waals surface area contributed by atoms with Gasteiger partial charge in [-0.05, 0) is 42.7 Å². The van der Waals surface area contributed by atoms with Crippen LogP contribution in [-0.4, -0.2) is 39.9 Å². The van der Waals surface area contributed by atoms with Crippen molar-refractivity contribution in [1.29, 1.82) is 0 Å². The molecule has 1 saturated heterocycles. The second-order valence-corrected chi connectivity index (χ2v) is 7.03. The van der Waals surface area contributed by atoms with Crippen molar-refractivity contribution in [2.75, 3.05) is 34.0 Å². The number of nitrogens with one attached hydrogen (secondary N) is 1. The Balaban J connectivity index is 1.85. The molecule has 1 aliphatic heterocycles. The highest BCUT2D eigenvalue weighted by atomic mass is 35.5. The summed E-state index contributed by atoms with van der Waals surface area (Å²) in [6.07, 6.45) is 1.62. The van der Waals surface area contributed by atoms with Crippen molar-refractivity contribution in [3.63, 3.8) is 0 Å². The van der Waals surface area contributed by atoms with Crippen LogP contribution < -0.4 is 14.8 Å². The predicted octanol–water partition coefficient (Wildman–Crippen LogP) is 3.84. The summed E-state index contributed by atoms with van der Waals surface area (Å²) in [6.45, 7) is 1.79. The minimum Gasteiger partial charge on any atom is -0.493 e. The SMILES string of the molecule is COc1ccc(C2(CNC(=O)c3ccccc3Cl)CCOCC2)cc1OC.